The third kappa shape index (κ3) is 2.90. The van der Waals surface area contributed by atoms with Crippen LogP contribution in [-0.4, -0.2) is 12.6 Å². The minimum absolute atomic E-state index is 0.753. The summed E-state index contributed by atoms with van der Waals surface area (Å²) in [5.74, 6) is 1.00. The Hall–Kier alpha value is -0.820. The van der Waals surface area contributed by atoms with Gasteiger partial charge in [-0.05, 0) is 69.0 Å². The van der Waals surface area contributed by atoms with Gasteiger partial charge in [-0.15, -0.1) is 0 Å². The molecule has 0 aromatic heterocycles. The maximum Gasteiger partial charge on any atom is 0.00735 e. The Kier molecular flexibility index (Phi) is 3.19. The van der Waals surface area contributed by atoms with Crippen molar-refractivity contribution in [3.05, 3.63) is 34.9 Å². The molecule has 1 nitrogen and oxygen atoms in total. The van der Waals surface area contributed by atoms with E-state index in [9.17, 15) is 0 Å². The Morgan fingerprint density at radius 1 is 1.06 bits per heavy atom. The quantitative estimate of drug-likeness (QED) is 0.785. The molecule has 0 amide bonds. The Morgan fingerprint density at radius 3 is 2.59 bits per heavy atom. The van der Waals surface area contributed by atoms with E-state index in [1.165, 1.54) is 50.6 Å². The second-order valence-electron chi connectivity index (χ2n) is 5.90. The van der Waals surface area contributed by atoms with Gasteiger partial charge in [0.1, 0.15) is 0 Å². The summed E-state index contributed by atoms with van der Waals surface area (Å²) in [6.07, 6.45) is 8.08. The highest BCUT2D eigenvalue weighted by molar-refractivity contribution is 5.32. The van der Waals surface area contributed by atoms with E-state index in [1.807, 2.05) is 0 Å². The van der Waals surface area contributed by atoms with Gasteiger partial charge in [0.15, 0.2) is 0 Å². The van der Waals surface area contributed by atoms with Crippen molar-refractivity contribution in [3.63, 3.8) is 0 Å². The molecule has 1 atom stereocenters. The summed E-state index contributed by atoms with van der Waals surface area (Å²) < 4.78 is 0. The topological polar surface area (TPSA) is 12.0 Å². The van der Waals surface area contributed by atoms with Crippen molar-refractivity contribution < 1.29 is 0 Å². The first kappa shape index (κ1) is 11.3. The Labute approximate surface area is 105 Å². The minimum atomic E-state index is 0.753. The monoisotopic (exact) mass is 229 g/mol. The van der Waals surface area contributed by atoms with Crippen molar-refractivity contribution >= 4 is 0 Å². The first-order valence-electron chi connectivity index (χ1n) is 7.13. The predicted octanol–water partition coefficient (Wildman–Crippen LogP) is 3.24. The van der Waals surface area contributed by atoms with Crippen LogP contribution in [0.15, 0.2) is 18.2 Å². The summed E-state index contributed by atoms with van der Waals surface area (Å²) in [5.41, 5.74) is 4.60. The molecule has 1 aromatic rings. The molecule has 17 heavy (non-hydrogen) atoms. The predicted molar refractivity (Wildman–Crippen MR) is 72.3 cm³/mol. The second-order valence-corrected chi connectivity index (χ2v) is 5.90. The van der Waals surface area contributed by atoms with Crippen LogP contribution in [0.5, 0.6) is 0 Å². The van der Waals surface area contributed by atoms with Gasteiger partial charge in [0.25, 0.3) is 0 Å². The summed E-state index contributed by atoms with van der Waals surface area (Å²) in [5, 5.41) is 3.77. The number of fused-ring (bicyclic) bond motifs is 1. The lowest BCUT2D eigenvalue weighted by Crippen LogP contribution is -2.31. The first-order chi connectivity index (χ1) is 8.31. The van der Waals surface area contributed by atoms with Crippen molar-refractivity contribution in [2.45, 2.75) is 51.5 Å². The maximum absolute atomic E-state index is 3.77. The number of benzene rings is 1. The highest BCUT2D eigenvalue weighted by Gasteiger charge is 2.23. The highest BCUT2D eigenvalue weighted by Crippen LogP contribution is 2.28. The van der Waals surface area contributed by atoms with Crippen molar-refractivity contribution in [1.29, 1.82) is 0 Å². The number of hydrogen-bond acceptors (Lipinski definition) is 1. The Morgan fingerprint density at radius 2 is 1.82 bits per heavy atom. The fourth-order valence-corrected chi connectivity index (χ4v) is 2.89. The van der Waals surface area contributed by atoms with Gasteiger partial charge in [-0.3, -0.25) is 0 Å². The molecule has 1 aromatic carbocycles. The van der Waals surface area contributed by atoms with Crippen molar-refractivity contribution in [3.8, 4) is 0 Å². The lowest BCUT2D eigenvalue weighted by Gasteiger charge is -2.15. The van der Waals surface area contributed by atoms with Gasteiger partial charge in [-0.1, -0.05) is 23.8 Å². The standard InChI is InChI=1S/C16H23N/c1-12-2-5-14-6-8-16(9-7-15(14)10-12)17-11-13-3-4-13/h2,5,10,13,16-17H,3-4,6-9,11H2,1H3. The molecule has 1 N–H and O–H groups in total. The average molecular weight is 229 g/mol. The van der Waals surface area contributed by atoms with E-state index < -0.39 is 0 Å². The summed E-state index contributed by atoms with van der Waals surface area (Å²) in [6.45, 7) is 3.47. The molecule has 1 unspecified atom stereocenters. The van der Waals surface area contributed by atoms with Crippen LogP contribution in [-0.2, 0) is 12.8 Å². The summed E-state index contributed by atoms with van der Waals surface area (Å²) in [4.78, 5) is 0. The Bertz CT molecular complexity index is 393. The van der Waals surface area contributed by atoms with E-state index >= 15 is 0 Å². The summed E-state index contributed by atoms with van der Waals surface area (Å²) >= 11 is 0. The van der Waals surface area contributed by atoms with Gasteiger partial charge in [0.05, 0.1) is 0 Å². The molecule has 0 radical (unpaired) electrons. The van der Waals surface area contributed by atoms with Gasteiger partial charge in [0, 0.05) is 6.04 Å². The van der Waals surface area contributed by atoms with Gasteiger partial charge in [-0.2, -0.15) is 0 Å². The normalized spacial score (nSPS) is 24.2. The lowest BCUT2D eigenvalue weighted by molar-refractivity contribution is 0.453. The molecule has 0 heterocycles. The summed E-state index contributed by atoms with van der Waals surface area (Å²) in [6, 6.07) is 7.74. The number of nitrogens with one attached hydrogen (secondary N) is 1. The van der Waals surface area contributed by atoms with Gasteiger partial charge >= 0.3 is 0 Å². The molecule has 0 saturated heterocycles. The molecular formula is C16H23N. The number of aryl methyl sites for hydroxylation is 3. The van der Waals surface area contributed by atoms with E-state index in [0.29, 0.717) is 0 Å². The number of rotatable bonds is 3. The van der Waals surface area contributed by atoms with Crippen LogP contribution in [0, 0.1) is 12.8 Å². The van der Waals surface area contributed by atoms with Crippen molar-refractivity contribution in [1.82, 2.24) is 5.32 Å². The second kappa shape index (κ2) is 4.81. The molecule has 92 valence electrons. The molecule has 1 heteroatoms. The van der Waals surface area contributed by atoms with Gasteiger partial charge in [0.2, 0.25) is 0 Å². The van der Waals surface area contributed by atoms with E-state index in [4.69, 9.17) is 0 Å². The third-order valence-electron chi connectivity index (χ3n) is 4.28. The van der Waals surface area contributed by atoms with Crippen LogP contribution in [0.4, 0.5) is 0 Å². The van der Waals surface area contributed by atoms with Crippen molar-refractivity contribution in [2.75, 3.05) is 6.54 Å². The molecule has 2 aliphatic carbocycles. The highest BCUT2D eigenvalue weighted by atomic mass is 14.9. The lowest BCUT2D eigenvalue weighted by atomic mass is 10.0. The molecule has 2 aliphatic rings. The zero-order valence-corrected chi connectivity index (χ0v) is 10.8. The molecule has 1 saturated carbocycles. The van der Waals surface area contributed by atoms with Crippen LogP contribution in [0.3, 0.4) is 0 Å². The Balaban J connectivity index is 1.61. The largest absolute Gasteiger partial charge is 0.314 e. The smallest absolute Gasteiger partial charge is 0.00735 e. The van der Waals surface area contributed by atoms with E-state index in [2.05, 4.69) is 30.4 Å². The number of hydrogen-bond donors (Lipinski definition) is 1. The van der Waals surface area contributed by atoms with Crippen LogP contribution in [0.1, 0.15) is 42.4 Å². The van der Waals surface area contributed by atoms with Crippen molar-refractivity contribution in [2.24, 2.45) is 5.92 Å². The molecule has 3 rings (SSSR count). The fraction of sp³-hybridized carbons (Fsp3) is 0.625. The van der Waals surface area contributed by atoms with Crippen LogP contribution in [0.2, 0.25) is 0 Å². The van der Waals surface area contributed by atoms with E-state index in [-0.39, 0.29) is 0 Å². The fourth-order valence-electron chi connectivity index (χ4n) is 2.89. The van der Waals surface area contributed by atoms with Gasteiger partial charge in [-0.25, -0.2) is 0 Å². The molecule has 0 spiro atoms. The molecular weight excluding hydrogens is 206 g/mol. The SMILES string of the molecule is Cc1ccc2c(c1)CCC(NCC1CC1)CC2. The average Bonchev–Trinajstić information content (AvgIpc) is 3.13. The molecule has 1 fully saturated rings. The first-order valence-corrected chi connectivity index (χ1v) is 7.13. The van der Waals surface area contributed by atoms with Crippen LogP contribution in [0.25, 0.3) is 0 Å². The van der Waals surface area contributed by atoms with Gasteiger partial charge < -0.3 is 5.32 Å². The summed E-state index contributed by atoms with van der Waals surface area (Å²) in [7, 11) is 0. The zero-order chi connectivity index (χ0) is 11.7. The van der Waals surface area contributed by atoms with Crippen LogP contribution >= 0.6 is 0 Å². The zero-order valence-electron chi connectivity index (χ0n) is 10.8. The third-order valence-corrected chi connectivity index (χ3v) is 4.28. The van der Waals surface area contributed by atoms with E-state index in [0.717, 1.165) is 12.0 Å². The van der Waals surface area contributed by atoms with Crippen LogP contribution < -0.4 is 5.32 Å². The van der Waals surface area contributed by atoms with E-state index in [1.54, 1.807) is 11.1 Å². The molecule has 0 aliphatic heterocycles. The minimum Gasteiger partial charge on any atom is -0.314 e. The molecule has 0 bridgehead atoms. The maximum atomic E-state index is 3.77.